The van der Waals surface area contributed by atoms with E-state index in [4.69, 9.17) is 0 Å². The molecule has 1 atom stereocenters. The molecule has 0 aliphatic heterocycles. The summed E-state index contributed by atoms with van der Waals surface area (Å²) in [5.74, 6) is 0.0619. The molecule has 1 N–H and O–H groups in total. The van der Waals surface area contributed by atoms with E-state index in [-0.39, 0.29) is 17.4 Å². The largest absolute Gasteiger partial charge is 0.349 e. The Labute approximate surface area is 90.9 Å². The molecule has 0 aromatic carbocycles. The van der Waals surface area contributed by atoms with Crippen LogP contribution in [0.4, 0.5) is 0 Å². The van der Waals surface area contributed by atoms with Crippen LogP contribution in [0.1, 0.15) is 39.3 Å². The van der Waals surface area contributed by atoms with Gasteiger partial charge < -0.3 is 5.32 Å². The van der Waals surface area contributed by atoms with E-state index in [9.17, 15) is 4.79 Å². The van der Waals surface area contributed by atoms with Gasteiger partial charge in [0.25, 0.3) is 0 Å². The lowest BCUT2D eigenvalue weighted by molar-refractivity contribution is -0.129. The molecule has 0 bridgehead atoms. The maximum Gasteiger partial charge on any atom is 0.225 e. The third-order valence-electron chi connectivity index (χ3n) is 2.23. The van der Waals surface area contributed by atoms with Crippen LogP contribution in [-0.2, 0) is 4.79 Å². The molecule has 82 valence electrons. The maximum absolute atomic E-state index is 11.7. The van der Waals surface area contributed by atoms with Crippen LogP contribution < -0.4 is 5.32 Å². The summed E-state index contributed by atoms with van der Waals surface area (Å²) in [6, 6.07) is 3.85. The lowest BCUT2D eigenvalue weighted by Crippen LogP contribution is -2.36. The Hall–Kier alpha value is -1.38. The Bertz CT molecular complexity index is 327. The van der Waals surface area contributed by atoms with Gasteiger partial charge >= 0.3 is 0 Å². The lowest BCUT2D eigenvalue weighted by Gasteiger charge is -2.21. The number of aromatic nitrogens is 1. The highest BCUT2D eigenvalue weighted by Gasteiger charge is 2.22. The van der Waals surface area contributed by atoms with Gasteiger partial charge in [-0.1, -0.05) is 20.8 Å². The standard InChI is InChI=1S/C12H18N2O/c1-9(10-5-7-13-8-6-10)14-11(15)12(2,3)4/h5-9H,1-4H3,(H,14,15). The molecule has 0 spiro atoms. The predicted octanol–water partition coefficient (Wildman–Crippen LogP) is 2.30. The van der Waals surface area contributed by atoms with Crippen LogP contribution in [0.25, 0.3) is 0 Å². The van der Waals surface area contributed by atoms with Crippen LogP contribution >= 0.6 is 0 Å². The Morgan fingerprint density at radius 3 is 2.33 bits per heavy atom. The van der Waals surface area contributed by atoms with Crippen LogP contribution in [0, 0.1) is 5.41 Å². The van der Waals surface area contributed by atoms with E-state index < -0.39 is 0 Å². The quantitative estimate of drug-likeness (QED) is 0.806. The van der Waals surface area contributed by atoms with E-state index in [1.807, 2.05) is 39.8 Å². The number of nitrogens with one attached hydrogen (secondary N) is 1. The molecule has 1 rings (SSSR count). The summed E-state index contributed by atoms with van der Waals surface area (Å²) in [5, 5.41) is 2.97. The molecule has 0 aliphatic rings. The number of hydrogen-bond acceptors (Lipinski definition) is 2. The van der Waals surface area contributed by atoms with Gasteiger partial charge in [0.15, 0.2) is 0 Å². The van der Waals surface area contributed by atoms with Crippen molar-refractivity contribution < 1.29 is 4.79 Å². The molecule has 1 aromatic rings. The highest BCUT2D eigenvalue weighted by atomic mass is 16.2. The average Bonchev–Trinajstić information content (AvgIpc) is 2.17. The van der Waals surface area contributed by atoms with Crippen molar-refractivity contribution in [3.05, 3.63) is 30.1 Å². The Morgan fingerprint density at radius 1 is 1.33 bits per heavy atom. The first-order valence-corrected chi connectivity index (χ1v) is 5.12. The number of hydrogen-bond donors (Lipinski definition) is 1. The van der Waals surface area contributed by atoms with Crippen LogP contribution in [0.2, 0.25) is 0 Å². The summed E-state index contributed by atoms with van der Waals surface area (Å²) in [6.45, 7) is 7.68. The van der Waals surface area contributed by atoms with Gasteiger partial charge in [0.2, 0.25) is 5.91 Å². The first-order valence-electron chi connectivity index (χ1n) is 5.12. The smallest absolute Gasteiger partial charge is 0.225 e. The number of carbonyl (C=O) groups is 1. The highest BCUT2D eigenvalue weighted by Crippen LogP contribution is 2.17. The van der Waals surface area contributed by atoms with Crippen molar-refractivity contribution in [2.45, 2.75) is 33.7 Å². The van der Waals surface area contributed by atoms with Crippen molar-refractivity contribution in [3.8, 4) is 0 Å². The van der Waals surface area contributed by atoms with Gasteiger partial charge in [0, 0.05) is 17.8 Å². The normalized spacial score (nSPS) is 13.3. The molecule has 0 fully saturated rings. The molecule has 3 nitrogen and oxygen atoms in total. The number of pyridine rings is 1. The van der Waals surface area contributed by atoms with Crippen molar-refractivity contribution >= 4 is 5.91 Å². The van der Waals surface area contributed by atoms with Crippen molar-refractivity contribution in [3.63, 3.8) is 0 Å². The molecule has 3 heteroatoms. The summed E-state index contributed by atoms with van der Waals surface area (Å²) >= 11 is 0. The van der Waals surface area contributed by atoms with E-state index in [0.717, 1.165) is 5.56 Å². The van der Waals surface area contributed by atoms with Crippen LogP contribution in [0.5, 0.6) is 0 Å². The molecule has 0 aliphatic carbocycles. The van der Waals surface area contributed by atoms with E-state index >= 15 is 0 Å². The van der Waals surface area contributed by atoms with Gasteiger partial charge in [-0.05, 0) is 24.6 Å². The van der Waals surface area contributed by atoms with Gasteiger partial charge in [-0.3, -0.25) is 9.78 Å². The second-order valence-electron chi connectivity index (χ2n) is 4.73. The van der Waals surface area contributed by atoms with Gasteiger partial charge in [-0.2, -0.15) is 0 Å². The first-order chi connectivity index (χ1) is 6.91. The minimum Gasteiger partial charge on any atom is -0.349 e. The van der Waals surface area contributed by atoms with Crippen molar-refractivity contribution in [2.24, 2.45) is 5.41 Å². The molecule has 1 aromatic heterocycles. The van der Waals surface area contributed by atoms with Gasteiger partial charge in [0.1, 0.15) is 0 Å². The van der Waals surface area contributed by atoms with E-state index in [2.05, 4.69) is 10.3 Å². The second kappa shape index (κ2) is 4.43. The highest BCUT2D eigenvalue weighted by molar-refractivity contribution is 5.81. The molecule has 1 amide bonds. The van der Waals surface area contributed by atoms with Gasteiger partial charge in [-0.15, -0.1) is 0 Å². The van der Waals surface area contributed by atoms with Crippen molar-refractivity contribution in [1.29, 1.82) is 0 Å². The number of nitrogens with zero attached hydrogens (tertiary/aromatic N) is 1. The van der Waals surface area contributed by atoms with Crippen LogP contribution in [-0.4, -0.2) is 10.9 Å². The predicted molar refractivity (Wildman–Crippen MR) is 60.2 cm³/mol. The Kier molecular flexibility index (Phi) is 3.45. The summed E-state index contributed by atoms with van der Waals surface area (Å²) in [4.78, 5) is 15.7. The summed E-state index contributed by atoms with van der Waals surface area (Å²) in [7, 11) is 0. The van der Waals surface area contributed by atoms with E-state index in [0.29, 0.717) is 0 Å². The van der Waals surface area contributed by atoms with Gasteiger partial charge in [0.05, 0.1) is 6.04 Å². The Balaban J connectivity index is 2.65. The summed E-state index contributed by atoms with van der Waals surface area (Å²) in [5.41, 5.74) is 0.726. The fraction of sp³-hybridized carbons (Fsp3) is 0.500. The minimum atomic E-state index is -0.346. The molecule has 15 heavy (non-hydrogen) atoms. The number of rotatable bonds is 2. The average molecular weight is 206 g/mol. The summed E-state index contributed by atoms with van der Waals surface area (Å²) in [6.07, 6.45) is 3.46. The third kappa shape index (κ3) is 3.35. The summed E-state index contributed by atoms with van der Waals surface area (Å²) < 4.78 is 0. The fourth-order valence-electron chi connectivity index (χ4n) is 1.15. The van der Waals surface area contributed by atoms with Crippen LogP contribution in [0.3, 0.4) is 0 Å². The van der Waals surface area contributed by atoms with Gasteiger partial charge in [-0.25, -0.2) is 0 Å². The molecule has 0 saturated carbocycles. The zero-order chi connectivity index (χ0) is 11.5. The third-order valence-corrected chi connectivity index (χ3v) is 2.23. The zero-order valence-corrected chi connectivity index (χ0v) is 9.74. The fourth-order valence-corrected chi connectivity index (χ4v) is 1.15. The minimum absolute atomic E-state index is 0.0275. The van der Waals surface area contributed by atoms with Crippen molar-refractivity contribution in [2.75, 3.05) is 0 Å². The molecule has 1 unspecified atom stereocenters. The first kappa shape index (κ1) is 11.7. The van der Waals surface area contributed by atoms with E-state index in [1.165, 1.54) is 0 Å². The second-order valence-corrected chi connectivity index (χ2v) is 4.73. The maximum atomic E-state index is 11.7. The van der Waals surface area contributed by atoms with Crippen molar-refractivity contribution in [1.82, 2.24) is 10.3 Å². The lowest BCUT2D eigenvalue weighted by atomic mass is 9.95. The molecule has 0 saturated heterocycles. The topological polar surface area (TPSA) is 42.0 Å². The molecular weight excluding hydrogens is 188 g/mol. The van der Waals surface area contributed by atoms with E-state index in [1.54, 1.807) is 12.4 Å². The molecule has 0 radical (unpaired) electrons. The molecular formula is C12H18N2O. The number of carbonyl (C=O) groups excluding carboxylic acids is 1. The number of amides is 1. The zero-order valence-electron chi connectivity index (χ0n) is 9.74. The van der Waals surface area contributed by atoms with Crippen LogP contribution in [0.15, 0.2) is 24.5 Å². The Morgan fingerprint density at radius 2 is 1.87 bits per heavy atom. The molecule has 1 heterocycles. The monoisotopic (exact) mass is 206 g/mol. The SMILES string of the molecule is CC(NC(=O)C(C)(C)C)c1ccncc1.